The van der Waals surface area contributed by atoms with Gasteiger partial charge in [0, 0.05) is 12.8 Å². The molecule has 27 atom stereocenters. The lowest BCUT2D eigenvalue weighted by Crippen LogP contribution is -2.64. The van der Waals surface area contributed by atoms with E-state index in [1.165, 1.54) is 19.4 Å². The van der Waals surface area contributed by atoms with Crippen LogP contribution in [0.4, 0.5) is 0 Å². The van der Waals surface area contributed by atoms with Crippen molar-refractivity contribution >= 4 is 5.97 Å². The van der Waals surface area contributed by atoms with Crippen LogP contribution in [0, 0.1) is 52.3 Å². The van der Waals surface area contributed by atoms with E-state index < -0.39 is 135 Å². The fraction of sp³-hybridized carbons (Fsp3) is 0.939. The average Bonchev–Trinajstić information content (AvgIpc) is 3.51. The topological polar surface area (TPSA) is 284 Å². The highest BCUT2D eigenvalue weighted by molar-refractivity contribution is 5.66. The van der Waals surface area contributed by atoms with Crippen LogP contribution in [0.2, 0.25) is 0 Å². The number of ether oxygens (including phenoxy) is 7. The third-order valence-electron chi connectivity index (χ3n) is 17.8. The molecule has 3 saturated heterocycles. The summed E-state index contributed by atoms with van der Waals surface area (Å²) in [6.45, 7) is 16.8. The second-order valence-electron chi connectivity index (χ2n) is 22.2. The van der Waals surface area contributed by atoms with E-state index >= 15 is 0 Å². The summed E-state index contributed by atoms with van der Waals surface area (Å²) in [6, 6.07) is 0. The Labute approximate surface area is 394 Å². The zero-order chi connectivity index (χ0) is 49.2. The molecule has 3 saturated carbocycles. The van der Waals surface area contributed by atoms with Crippen molar-refractivity contribution in [3.05, 3.63) is 11.6 Å². The van der Waals surface area contributed by atoms with E-state index in [0.29, 0.717) is 32.1 Å². The number of allylic oxidation sites excluding steroid dienone is 1. The minimum absolute atomic E-state index is 0.0162. The Morgan fingerprint density at radius 3 is 1.91 bits per heavy atom. The minimum Gasteiger partial charge on any atom is -0.459 e. The molecule has 0 bridgehead atoms. The number of carbonyl (C=O) groups is 1. The van der Waals surface area contributed by atoms with Crippen molar-refractivity contribution < 1.29 is 89.0 Å². The minimum atomic E-state index is -1.69. The van der Waals surface area contributed by atoms with E-state index in [1.807, 2.05) is 0 Å². The number of aliphatic hydroxyl groups is 10. The highest BCUT2D eigenvalue weighted by Gasteiger charge is 2.68. The second kappa shape index (κ2) is 21.0. The van der Waals surface area contributed by atoms with Crippen LogP contribution < -0.4 is 0 Å². The lowest BCUT2D eigenvalue weighted by atomic mass is 9.46. The van der Waals surface area contributed by atoms with Crippen molar-refractivity contribution in [3.63, 3.8) is 0 Å². The fourth-order valence-corrected chi connectivity index (χ4v) is 14.2. The van der Waals surface area contributed by atoms with E-state index in [2.05, 4.69) is 47.6 Å². The Morgan fingerprint density at radius 2 is 1.36 bits per heavy atom. The maximum absolute atomic E-state index is 13.1. The Hall–Kier alpha value is -1.43. The van der Waals surface area contributed by atoms with Gasteiger partial charge in [-0.3, -0.25) is 4.79 Å². The third kappa shape index (κ3) is 9.93. The molecular formula is C49H82O18. The van der Waals surface area contributed by atoms with Crippen LogP contribution in [0.1, 0.15) is 114 Å². The van der Waals surface area contributed by atoms with Gasteiger partial charge in [0.25, 0.3) is 0 Å². The van der Waals surface area contributed by atoms with Crippen LogP contribution in [0.5, 0.6) is 0 Å². The molecule has 18 heteroatoms. The Balaban J connectivity index is 1.17. The molecule has 7 aliphatic rings. The standard InChI is InChI=1S/C49H82O18/c1-10-27(20(2)3)30(52)17-21(4)32-42(63-24(7)51)43(66-45-40(59)37(56)34(53)22(5)61-45)33-28-12-11-25-18-26(13-15-48(25,8)29(28)14-16-49(32,33)9)64-47-44(39(58)36(55)31(19-50)65-47)67-46-41(60)38(57)35(54)23(6)62-46/h11,20-23,26-47,50,52-60H,10,12-19H2,1-9H3/t21-,22+,23+,26+,27-,28-,29+,30+,31+,32+,33-,34+,35+,36+,37-,38-,39-,40-,41-,42-,43+,44+,45+,46+,47+,48+,49-/m1/s1. The van der Waals surface area contributed by atoms with Gasteiger partial charge in [-0.2, -0.15) is 0 Å². The summed E-state index contributed by atoms with van der Waals surface area (Å²) >= 11 is 0. The van der Waals surface area contributed by atoms with E-state index in [-0.39, 0.29) is 46.8 Å². The highest BCUT2D eigenvalue weighted by Crippen LogP contribution is 2.68. The molecule has 4 aliphatic carbocycles. The molecule has 67 heavy (non-hydrogen) atoms. The van der Waals surface area contributed by atoms with Crippen LogP contribution in [-0.4, -0.2) is 180 Å². The Morgan fingerprint density at radius 1 is 0.761 bits per heavy atom. The number of fused-ring (bicyclic) bond motifs is 5. The van der Waals surface area contributed by atoms with Crippen molar-refractivity contribution in [2.45, 2.75) is 230 Å². The van der Waals surface area contributed by atoms with Gasteiger partial charge in [0.2, 0.25) is 0 Å². The van der Waals surface area contributed by atoms with Gasteiger partial charge in [0.15, 0.2) is 18.9 Å². The van der Waals surface area contributed by atoms with Crippen molar-refractivity contribution in [1.82, 2.24) is 0 Å². The molecule has 18 nitrogen and oxygen atoms in total. The van der Waals surface area contributed by atoms with Gasteiger partial charge in [0.1, 0.15) is 73.2 Å². The molecule has 0 amide bonds. The molecule has 0 radical (unpaired) electrons. The highest BCUT2D eigenvalue weighted by atomic mass is 16.8. The van der Waals surface area contributed by atoms with Gasteiger partial charge in [0.05, 0.1) is 31.0 Å². The number of esters is 1. The summed E-state index contributed by atoms with van der Waals surface area (Å²) in [5.74, 6) is -0.577. The molecule has 0 unspecified atom stereocenters. The molecule has 0 aromatic carbocycles. The first kappa shape index (κ1) is 53.4. The number of carbonyl (C=O) groups excluding carboxylic acids is 1. The molecule has 0 spiro atoms. The molecule has 0 aromatic heterocycles. The van der Waals surface area contributed by atoms with Gasteiger partial charge in [-0.05, 0) is 105 Å². The van der Waals surface area contributed by atoms with Gasteiger partial charge in [-0.1, -0.05) is 59.6 Å². The number of rotatable bonds is 14. The first-order valence-electron chi connectivity index (χ1n) is 25.0. The van der Waals surface area contributed by atoms with Crippen LogP contribution in [-0.2, 0) is 38.0 Å². The summed E-state index contributed by atoms with van der Waals surface area (Å²) in [5, 5.41) is 108. The molecule has 10 N–H and O–H groups in total. The molecule has 386 valence electrons. The van der Waals surface area contributed by atoms with Crippen LogP contribution in [0.25, 0.3) is 0 Å². The van der Waals surface area contributed by atoms with Crippen molar-refractivity contribution in [1.29, 1.82) is 0 Å². The van der Waals surface area contributed by atoms with Gasteiger partial charge in [-0.25, -0.2) is 0 Å². The second-order valence-corrected chi connectivity index (χ2v) is 22.2. The fourth-order valence-electron chi connectivity index (χ4n) is 14.2. The Bertz CT molecular complexity index is 1700. The van der Waals surface area contributed by atoms with Gasteiger partial charge >= 0.3 is 5.97 Å². The van der Waals surface area contributed by atoms with Crippen LogP contribution in [0.3, 0.4) is 0 Å². The first-order chi connectivity index (χ1) is 31.5. The maximum atomic E-state index is 13.1. The zero-order valence-electron chi connectivity index (χ0n) is 40.7. The number of aliphatic hydroxyl groups excluding tert-OH is 10. The summed E-state index contributed by atoms with van der Waals surface area (Å²) in [6.07, 6.45) is -16.0. The SMILES string of the molecule is CC[C@H](C(C)C)[C@@H](O)C[C@@H](C)[C@H]1[C@@H](OC(C)=O)[C@@H](O[C@@H]2O[C@@H](C)[C@H](O)[C@@H](O)[C@H]2O)[C@H]2[C@@H]3CC=C4C[C@@H](O[C@H]5O[C@@H](CO)[C@H](O)[C@@H](O)[C@@H]5O[C@@H]5O[C@@H](C)[C@H](O)[C@@H](O)[C@H]5O)CC[C@]4(C)[C@H]3CC[C@@]21C. The van der Waals surface area contributed by atoms with Crippen LogP contribution in [0.15, 0.2) is 11.6 Å². The van der Waals surface area contributed by atoms with E-state index in [1.54, 1.807) is 6.92 Å². The lowest BCUT2D eigenvalue weighted by Gasteiger charge is -2.59. The quantitative estimate of drug-likeness (QED) is 0.0860. The van der Waals surface area contributed by atoms with E-state index in [4.69, 9.17) is 33.2 Å². The first-order valence-corrected chi connectivity index (χ1v) is 25.0. The largest absolute Gasteiger partial charge is 0.459 e. The lowest BCUT2D eigenvalue weighted by molar-refractivity contribution is -0.369. The average molecular weight is 959 g/mol. The predicted molar refractivity (Wildman–Crippen MR) is 237 cm³/mol. The van der Waals surface area contributed by atoms with Gasteiger partial charge < -0.3 is 84.2 Å². The Kier molecular flexibility index (Phi) is 16.7. The molecule has 6 fully saturated rings. The zero-order valence-corrected chi connectivity index (χ0v) is 40.7. The van der Waals surface area contributed by atoms with Gasteiger partial charge in [-0.15, -0.1) is 0 Å². The monoisotopic (exact) mass is 959 g/mol. The summed E-state index contributed by atoms with van der Waals surface area (Å²) in [7, 11) is 0. The van der Waals surface area contributed by atoms with Crippen molar-refractivity contribution in [3.8, 4) is 0 Å². The van der Waals surface area contributed by atoms with Crippen molar-refractivity contribution in [2.75, 3.05) is 6.61 Å². The summed E-state index contributed by atoms with van der Waals surface area (Å²) < 4.78 is 43.5. The molecule has 3 heterocycles. The normalized spacial score (nSPS) is 50.4. The maximum Gasteiger partial charge on any atom is 0.303 e. The third-order valence-corrected chi connectivity index (χ3v) is 17.8. The van der Waals surface area contributed by atoms with E-state index in [9.17, 15) is 55.9 Å². The molecular weight excluding hydrogens is 877 g/mol. The molecule has 3 aliphatic heterocycles. The molecule has 0 aromatic rings. The summed E-state index contributed by atoms with van der Waals surface area (Å²) in [5.41, 5.74) is 0.404. The summed E-state index contributed by atoms with van der Waals surface area (Å²) in [4.78, 5) is 13.1. The predicted octanol–water partition coefficient (Wildman–Crippen LogP) is 1.04. The number of hydrogen-bond donors (Lipinski definition) is 10. The number of hydrogen-bond acceptors (Lipinski definition) is 18. The van der Waals surface area contributed by atoms with E-state index in [0.717, 1.165) is 19.3 Å². The van der Waals surface area contributed by atoms with Crippen molar-refractivity contribution in [2.24, 2.45) is 52.3 Å². The molecule has 7 rings (SSSR count). The van der Waals surface area contributed by atoms with Crippen LogP contribution >= 0.6 is 0 Å². The smallest absolute Gasteiger partial charge is 0.303 e.